The summed E-state index contributed by atoms with van der Waals surface area (Å²) in [5.74, 6) is -0.391. The van der Waals surface area contributed by atoms with Crippen molar-refractivity contribution < 1.29 is 13.2 Å². The number of halogens is 1. The van der Waals surface area contributed by atoms with Gasteiger partial charge in [0.15, 0.2) is 0 Å². The summed E-state index contributed by atoms with van der Waals surface area (Å²) in [6, 6.07) is 19.3. The smallest absolute Gasteiger partial charge is 0.265 e. The number of hydrogen-bond acceptors (Lipinski definition) is 3. The Morgan fingerprint density at radius 3 is 2.67 bits per heavy atom. The average Bonchev–Trinajstić information content (AvgIpc) is 3.19. The lowest BCUT2D eigenvalue weighted by atomic mass is 10.1. The van der Waals surface area contributed by atoms with Gasteiger partial charge in [-0.25, -0.2) is 8.42 Å². The van der Waals surface area contributed by atoms with E-state index in [4.69, 9.17) is 11.6 Å². The van der Waals surface area contributed by atoms with Gasteiger partial charge in [-0.3, -0.25) is 9.10 Å². The lowest BCUT2D eigenvalue weighted by Gasteiger charge is -2.20. The van der Waals surface area contributed by atoms with Crippen LogP contribution in [0.3, 0.4) is 0 Å². The van der Waals surface area contributed by atoms with E-state index in [1.807, 2.05) is 43.3 Å². The summed E-state index contributed by atoms with van der Waals surface area (Å²) in [6.07, 6.45) is 1.49. The number of sulfonamides is 1. The fourth-order valence-corrected chi connectivity index (χ4v) is 5.60. The van der Waals surface area contributed by atoms with Crippen molar-refractivity contribution in [2.75, 3.05) is 16.2 Å². The third kappa shape index (κ3) is 3.80. The minimum atomic E-state index is -3.90. The van der Waals surface area contributed by atoms with Crippen LogP contribution in [0.25, 0.3) is 0 Å². The maximum atomic E-state index is 13.3. The van der Waals surface area contributed by atoms with Gasteiger partial charge in [0.05, 0.1) is 10.7 Å². The van der Waals surface area contributed by atoms with Gasteiger partial charge in [0.1, 0.15) is 4.90 Å². The first-order chi connectivity index (χ1) is 14.4. The van der Waals surface area contributed by atoms with Crippen molar-refractivity contribution in [3.8, 4) is 0 Å². The first-order valence-corrected chi connectivity index (χ1v) is 11.5. The van der Waals surface area contributed by atoms with Crippen LogP contribution in [0.15, 0.2) is 71.6 Å². The molecule has 30 heavy (non-hydrogen) atoms. The Hall–Kier alpha value is -2.83. The van der Waals surface area contributed by atoms with Crippen molar-refractivity contribution in [3.05, 3.63) is 88.4 Å². The van der Waals surface area contributed by atoms with E-state index in [-0.39, 0.29) is 15.5 Å². The van der Waals surface area contributed by atoms with E-state index in [1.54, 1.807) is 12.1 Å². The summed E-state index contributed by atoms with van der Waals surface area (Å²) >= 11 is 6.25. The molecule has 0 saturated carbocycles. The number of anilines is 2. The van der Waals surface area contributed by atoms with Crippen LogP contribution in [-0.4, -0.2) is 20.9 Å². The normalized spacial score (nSPS) is 13.2. The minimum Gasteiger partial charge on any atom is -0.322 e. The number of rotatable bonds is 5. The Morgan fingerprint density at radius 2 is 1.87 bits per heavy atom. The fraction of sp³-hybridized carbons (Fsp3) is 0.174. The zero-order valence-electron chi connectivity index (χ0n) is 16.4. The molecule has 0 unspecified atom stereocenters. The van der Waals surface area contributed by atoms with E-state index in [2.05, 4.69) is 5.32 Å². The van der Waals surface area contributed by atoms with Crippen LogP contribution in [0.4, 0.5) is 11.4 Å². The highest BCUT2D eigenvalue weighted by Gasteiger charge is 2.32. The third-order valence-corrected chi connectivity index (χ3v) is 7.49. The Labute approximate surface area is 181 Å². The summed E-state index contributed by atoms with van der Waals surface area (Å²) in [4.78, 5) is 12.7. The van der Waals surface area contributed by atoms with Gasteiger partial charge in [0.2, 0.25) is 0 Å². The Balaban J connectivity index is 1.66. The van der Waals surface area contributed by atoms with Gasteiger partial charge in [-0.1, -0.05) is 48.9 Å². The van der Waals surface area contributed by atoms with Crippen LogP contribution in [0.1, 0.15) is 28.4 Å². The molecule has 3 aromatic carbocycles. The number of carbonyl (C=O) groups is 1. The first-order valence-electron chi connectivity index (χ1n) is 9.70. The van der Waals surface area contributed by atoms with E-state index in [0.29, 0.717) is 24.3 Å². The molecule has 0 fully saturated rings. The maximum absolute atomic E-state index is 13.3. The molecule has 0 atom stereocenters. The molecule has 1 heterocycles. The van der Waals surface area contributed by atoms with E-state index in [0.717, 1.165) is 17.5 Å². The first kappa shape index (κ1) is 20.4. The molecule has 1 N–H and O–H groups in total. The molecule has 7 heteroatoms. The van der Waals surface area contributed by atoms with Gasteiger partial charge in [-0.15, -0.1) is 0 Å². The number of amides is 1. The zero-order chi connectivity index (χ0) is 21.3. The highest BCUT2D eigenvalue weighted by molar-refractivity contribution is 7.93. The van der Waals surface area contributed by atoms with Crippen molar-refractivity contribution >= 4 is 38.9 Å². The standard InChI is InChI=1S/C23H21ClN2O3S/c1-2-16-6-5-8-19(14-16)25-23(27)18-10-11-20(24)22(15-18)30(28,29)26-13-12-17-7-3-4-9-21(17)26/h3-11,14-15H,2,12-13H2,1H3,(H,25,27). The van der Waals surface area contributed by atoms with Crippen molar-refractivity contribution in [1.82, 2.24) is 0 Å². The summed E-state index contributed by atoms with van der Waals surface area (Å²) in [5.41, 5.74) is 3.61. The molecule has 0 aliphatic carbocycles. The van der Waals surface area contributed by atoms with Gasteiger partial charge in [-0.2, -0.15) is 0 Å². The second kappa shape index (κ2) is 8.13. The van der Waals surface area contributed by atoms with Crippen LogP contribution in [-0.2, 0) is 22.9 Å². The van der Waals surface area contributed by atoms with Crippen molar-refractivity contribution in [2.24, 2.45) is 0 Å². The predicted octanol–water partition coefficient (Wildman–Crippen LogP) is 4.91. The number of nitrogens with one attached hydrogen (secondary N) is 1. The largest absolute Gasteiger partial charge is 0.322 e. The number of carbonyl (C=O) groups excluding carboxylic acids is 1. The Kier molecular flexibility index (Phi) is 5.54. The van der Waals surface area contributed by atoms with Crippen molar-refractivity contribution in [1.29, 1.82) is 0 Å². The summed E-state index contributed by atoms with van der Waals surface area (Å²) in [7, 11) is -3.90. The quantitative estimate of drug-likeness (QED) is 0.613. The van der Waals surface area contributed by atoms with Gasteiger partial charge in [-0.05, 0) is 60.4 Å². The van der Waals surface area contributed by atoms with Gasteiger partial charge < -0.3 is 5.32 Å². The van der Waals surface area contributed by atoms with E-state index in [1.165, 1.54) is 22.5 Å². The summed E-state index contributed by atoms with van der Waals surface area (Å²) in [5, 5.41) is 2.91. The van der Waals surface area contributed by atoms with Crippen molar-refractivity contribution in [3.63, 3.8) is 0 Å². The lowest BCUT2D eigenvalue weighted by molar-refractivity contribution is 0.102. The molecule has 0 aromatic heterocycles. The number of benzene rings is 3. The monoisotopic (exact) mass is 440 g/mol. The maximum Gasteiger partial charge on any atom is 0.265 e. The van der Waals surface area contributed by atoms with Crippen LogP contribution in [0.5, 0.6) is 0 Å². The summed E-state index contributed by atoms with van der Waals surface area (Å²) < 4.78 is 28.0. The SMILES string of the molecule is CCc1cccc(NC(=O)c2ccc(Cl)c(S(=O)(=O)N3CCc4ccccc43)c2)c1. The molecule has 4 rings (SSSR count). The number of para-hydroxylation sites is 1. The highest BCUT2D eigenvalue weighted by Crippen LogP contribution is 2.35. The van der Waals surface area contributed by atoms with E-state index >= 15 is 0 Å². The average molecular weight is 441 g/mol. The third-order valence-electron chi connectivity index (χ3n) is 5.20. The highest BCUT2D eigenvalue weighted by atomic mass is 35.5. The molecular formula is C23H21ClN2O3S. The molecule has 1 aliphatic heterocycles. The molecule has 0 radical (unpaired) electrons. The molecule has 0 bridgehead atoms. The second-order valence-electron chi connectivity index (χ2n) is 7.11. The minimum absolute atomic E-state index is 0.0733. The van der Waals surface area contributed by atoms with Crippen LogP contribution >= 0.6 is 11.6 Å². The molecule has 1 aliphatic rings. The van der Waals surface area contributed by atoms with Gasteiger partial charge in [0, 0.05) is 17.8 Å². The number of nitrogens with zero attached hydrogens (tertiary/aromatic N) is 1. The van der Waals surface area contributed by atoms with Crippen LogP contribution < -0.4 is 9.62 Å². The molecule has 5 nitrogen and oxygen atoms in total. The van der Waals surface area contributed by atoms with E-state index in [9.17, 15) is 13.2 Å². The predicted molar refractivity (Wildman–Crippen MR) is 120 cm³/mol. The topological polar surface area (TPSA) is 66.5 Å². The molecule has 3 aromatic rings. The van der Waals surface area contributed by atoms with Gasteiger partial charge in [0.25, 0.3) is 15.9 Å². The molecule has 0 saturated heterocycles. The number of aryl methyl sites for hydroxylation is 1. The van der Waals surface area contributed by atoms with Crippen LogP contribution in [0.2, 0.25) is 5.02 Å². The van der Waals surface area contributed by atoms with Gasteiger partial charge >= 0.3 is 0 Å². The molecule has 1 amide bonds. The van der Waals surface area contributed by atoms with Crippen LogP contribution in [0, 0.1) is 0 Å². The van der Waals surface area contributed by atoms with E-state index < -0.39 is 15.9 Å². The second-order valence-corrected chi connectivity index (χ2v) is 9.35. The van der Waals surface area contributed by atoms with Crippen molar-refractivity contribution in [2.45, 2.75) is 24.7 Å². The fourth-order valence-electron chi connectivity index (χ4n) is 3.59. The molecule has 0 spiro atoms. The number of fused-ring (bicyclic) bond motifs is 1. The Bertz CT molecular complexity index is 1220. The summed E-state index contributed by atoms with van der Waals surface area (Å²) in [6.45, 7) is 2.38. The molecule has 154 valence electrons. The lowest BCUT2D eigenvalue weighted by Crippen LogP contribution is -2.29. The Morgan fingerprint density at radius 1 is 1.07 bits per heavy atom. The zero-order valence-corrected chi connectivity index (χ0v) is 18.0. The molecular weight excluding hydrogens is 420 g/mol. The number of hydrogen-bond donors (Lipinski definition) is 1.